The molecule has 2 aliphatic rings. The van der Waals surface area contributed by atoms with Crippen LogP contribution in [0.15, 0.2) is 0 Å². The lowest BCUT2D eigenvalue weighted by Gasteiger charge is -2.44. The zero-order valence-corrected chi connectivity index (χ0v) is 9.62. The number of rotatable bonds is 0. The van der Waals surface area contributed by atoms with Gasteiger partial charge in [0.15, 0.2) is 0 Å². The summed E-state index contributed by atoms with van der Waals surface area (Å²) in [6.07, 6.45) is 0.470. The maximum atomic E-state index is 10.2. The first kappa shape index (κ1) is 9.49. The number of hydrogen-bond acceptors (Lipinski definition) is 4. The normalized spacial score (nSPS) is 23.5. The summed E-state index contributed by atoms with van der Waals surface area (Å²) >= 11 is 4.24. The van der Waals surface area contributed by atoms with E-state index in [9.17, 15) is 9.59 Å². The topological polar surface area (TPSA) is 52.6 Å². The molecule has 0 amide bonds. The van der Waals surface area contributed by atoms with E-state index < -0.39 is 5.79 Å². The van der Waals surface area contributed by atoms with Crippen molar-refractivity contribution in [1.82, 2.24) is 0 Å². The Morgan fingerprint density at radius 2 is 1.36 bits per heavy atom. The van der Waals surface area contributed by atoms with Gasteiger partial charge < -0.3 is 9.47 Å². The monoisotopic (exact) mass is 382 g/mol. The minimum atomic E-state index is -0.811. The Bertz CT molecular complexity index is 161. The molecule has 1 spiro atoms. The zero-order valence-electron chi connectivity index (χ0n) is 5.30. The first-order chi connectivity index (χ1) is 5.20. The lowest BCUT2D eigenvalue weighted by atomic mass is 10.00. The second kappa shape index (κ2) is 3.42. The highest BCUT2D eigenvalue weighted by molar-refractivity contribution is 15.0. The van der Waals surface area contributed by atoms with E-state index in [0.29, 0.717) is 0 Å². The summed E-state index contributed by atoms with van der Waals surface area (Å²) in [5, 5.41) is 0. The molecule has 62 valence electrons. The third kappa shape index (κ3) is 1.76. The van der Waals surface area contributed by atoms with Gasteiger partial charge in [0.1, 0.15) is 12.8 Å². The molecule has 0 bridgehead atoms. The SMILES string of the molecule is II.O=C1CC2(CC(=O)O2)O1. The molecule has 0 radical (unpaired) electrons. The van der Waals surface area contributed by atoms with Crippen molar-refractivity contribution < 1.29 is 19.1 Å². The van der Waals surface area contributed by atoms with Gasteiger partial charge in [-0.05, 0) is 0 Å². The summed E-state index contributed by atoms with van der Waals surface area (Å²) in [7, 11) is 0. The summed E-state index contributed by atoms with van der Waals surface area (Å²) in [5.74, 6) is -1.39. The Hall–Kier alpha value is 0.400. The lowest BCUT2D eigenvalue weighted by Crippen LogP contribution is -2.59. The molecule has 11 heavy (non-hydrogen) atoms. The molecule has 2 rings (SSSR count). The smallest absolute Gasteiger partial charge is 0.317 e. The van der Waals surface area contributed by atoms with Crippen LogP contribution in [0.25, 0.3) is 0 Å². The van der Waals surface area contributed by atoms with E-state index in [0.717, 1.165) is 0 Å². The zero-order chi connectivity index (χ0) is 8.48. The molecule has 0 aromatic rings. The molecular weight excluding hydrogens is 378 g/mol. The third-order valence-electron chi connectivity index (χ3n) is 1.43. The van der Waals surface area contributed by atoms with Crippen LogP contribution in [0, 0.1) is 0 Å². The van der Waals surface area contributed by atoms with Gasteiger partial charge in [0.2, 0.25) is 0 Å². The summed E-state index contributed by atoms with van der Waals surface area (Å²) < 4.78 is 9.10. The van der Waals surface area contributed by atoms with Crippen molar-refractivity contribution in [3.05, 3.63) is 0 Å². The molecule has 0 saturated carbocycles. The lowest BCUT2D eigenvalue weighted by molar-refractivity contribution is -0.304. The van der Waals surface area contributed by atoms with Crippen LogP contribution in [0.4, 0.5) is 0 Å². The van der Waals surface area contributed by atoms with Crippen molar-refractivity contribution in [2.75, 3.05) is 0 Å². The fraction of sp³-hybridized carbons (Fsp3) is 0.600. The summed E-state index contributed by atoms with van der Waals surface area (Å²) in [6, 6.07) is 0. The van der Waals surface area contributed by atoms with Gasteiger partial charge >= 0.3 is 11.9 Å². The third-order valence-corrected chi connectivity index (χ3v) is 1.43. The molecule has 0 aliphatic carbocycles. The molecule has 6 heteroatoms. The second-order valence-electron chi connectivity index (χ2n) is 2.21. The van der Waals surface area contributed by atoms with Crippen LogP contribution in [0.2, 0.25) is 0 Å². The molecule has 0 N–H and O–H groups in total. The fourth-order valence-corrected chi connectivity index (χ4v) is 0.994. The van der Waals surface area contributed by atoms with E-state index in [-0.39, 0.29) is 24.8 Å². The number of halogens is 2. The molecule has 0 unspecified atom stereocenters. The van der Waals surface area contributed by atoms with Gasteiger partial charge in [-0.3, -0.25) is 9.59 Å². The van der Waals surface area contributed by atoms with Gasteiger partial charge in [-0.2, -0.15) is 0 Å². The Balaban J connectivity index is 0.000000281. The molecule has 2 fully saturated rings. The van der Waals surface area contributed by atoms with E-state index in [4.69, 9.17) is 0 Å². The van der Waals surface area contributed by atoms with Gasteiger partial charge in [-0.15, -0.1) is 0 Å². The van der Waals surface area contributed by atoms with Gasteiger partial charge in [-0.1, -0.05) is 0 Å². The molecule has 0 atom stereocenters. The predicted molar refractivity (Wildman–Crippen MR) is 52.2 cm³/mol. The largest absolute Gasteiger partial charge is 0.421 e. The van der Waals surface area contributed by atoms with Crippen molar-refractivity contribution in [3.8, 4) is 0 Å². The Kier molecular flexibility index (Phi) is 2.95. The number of hydrogen-bond donors (Lipinski definition) is 0. The van der Waals surface area contributed by atoms with Crippen molar-refractivity contribution in [2.24, 2.45) is 0 Å². The highest BCUT2D eigenvalue weighted by Gasteiger charge is 2.58. The minimum Gasteiger partial charge on any atom is -0.421 e. The van der Waals surface area contributed by atoms with Gasteiger partial charge in [0, 0.05) is 37.2 Å². The Morgan fingerprint density at radius 1 is 1.09 bits per heavy atom. The molecule has 2 heterocycles. The maximum absolute atomic E-state index is 10.2. The van der Waals surface area contributed by atoms with Crippen LogP contribution < -0.4 is 0 Å². The Morgan fingerprint density at radius 3 is 1.55 bits per heavy atom. The quantitative estimate of drug-likeness (QED) is 0.469. The molecular formula is C5H4I2O4. The molecule has 2 saturated heterocycles. The first-order valence-electron chi connectivity index (χ1n) is 2.78. The van der Waals surface area contributed by atoms with Crippen molar-refractivity contribution >= 4 is 49.2 Å². The van der Waals surface area contributed by atoms with Crippen LogP contribution in [-0.2, 0) is 19.1 Å². The molecule has 2 aliphatic heterocycles. The van der Waals surface area contributed by atoms with Crippen LogP contribution in [0.5, 0.6) is 0 Å². The fourth-order valence-electron chi connectivity index (χ4n) is 0.994. The van der Waals surface area contributed by atoms with Crippen LogP contribution in [-0.4, -0.2) is 17.7 Å². The number of carbonyl (C=O) groups is 2. The van der Waals surface area contributed by atoms with E-state index in [1.54, 1.807) is 0 Å². The highest BCUT2D eigenvalue weighted by Crippen LogP contribution is 2.40. The van der Waals surface area contributed by atoms with Gasteiger partial charge in [-0.25, -0.2) is 0 Å². The minimum absolute atomic E-state index is 0.235. The summed E-state index contributed by atoms with van der Waals surface area (Å²) in [4.78, 5) is 20.4. The first-order valence-corrected chi connectivity index (χ1v) is 9.07. The molecule has 4 nitrogen and oxygen atoms in total. The van der Waals surface area contributed by atoms with Crippen molar-refractivity contribution in [1.29, 1.82) is 0 Å². The van der Waals surface area contributed by atoms with E-state index >= 15 is 0 Å². The van der Waals surface area contributed by atoms with Gasteiger partial charge in [0.05, 0.1) is 0 Å². The highest BCUT2D eigenvalue weighted by atomic mass is 128. The summed E-state index contributed by atoms with van der Waals surface area (Å²) in [6.45, 7) is 0. The standard InChI is InChI=1S/C5H4O4.I2/c6-3-1-5(8-3)2-4(7)9-5;1-2/h1-2H2;. The maximum Gasteiger partial charge on any atom is 0.317 e. The van der Waals surface area contributed by atoms with Crippen molar-refractivity contribution in [2.45, 2.75) is 18.6 Å². The molecule has 0 aromatic carbocycles. The average Bonchev–Trinajstić information content (AvgIpc) is 1.86. The second-order valence-corrected chi connectivity index (χ2v) is 2.21. The number of carbonyl (C=O) groups excluding carboxylic acids is 2. The van der Waals surface area contributed by atoms with Crippen LogP contribution in [0.3, 0.4) is 0 Å². The van der Waals surface area contributed by atoms with E-state index in [1.165, 1.54) is 0 Å². The average molecular weight is 382 g/mol. The van der Waals surface area contributed by atoms with E-state index in [1.807, 2.05) is 0 Å². The van der Waals surface area contributed by atoms with Crippen molar-refractivity contribution in [3.63, 3.8) is 0 Å². The van der Waals surface area contributed by atoms with E-state index in [2.05, 4.69) is 46.7 Å². The van der Waals surface area contributed by atoms with Crippen LogP contribution >= 0.6 is 37.2 Å². The van der Waals surface area contributed by atoms with Crippen LogP contribution in [0.1, 0.15) is 12.8 Å². The number of esters is 2. The Labute approximate surface area is 86.3 Å². The molecule has 0 aromatic heterocycles. The predicted octanol–water partition coefficient (Wildman–Crippen LogP) is 1.35. The van der Waals surface area contributed by atoms with Gasteiger partial charge in [0.25, 0.3) is 5.79 Å². The summed E-state index contributed by atoms with van der Waals surface area (Å²) in [5.41, 5.74) is 0. The number of ether oxygens (including phenoxy) is 2.